The molecule has 18 heavy (non-hydrogen) atoms. The van der Waals surface area contributed by atoms with E-state index in [0.717, 1.165) is 37.1 Å². The van der Waals surface area contributed by atoms with Gasteiger partial charge in [-0.15, -0.1) is 0 Å². The summed E-state index contributed by atoms with van der Waals surface area (Å²) < 4.78 is 10.5. The third kappa shape index (κ3) is 2.61. The second-order valence-corrected chi connectivity index (χ2v) is 4.76. The lowest BCUT2D eigenvalue weighted by atomic mass is 9.81. The average Bonchev–Trinajstić information content (AvgIpc) is 2.40. The van der Waals surface area contributed by atoms with Gasteiger partial charge in [0.2, 0.25) is 0 Å². The van der Waals surface area contributed by atoms with E-state index >= 15 is 0 Å². The molecule has 1 aromatic rings. The first-order chi connectivity index (χ1) is 8.76. The maximum atomic E-state index is 5.96. The molecule has 0 spiro atoms. The normalized spacial score (nSPS) is 19.4. The first kappa shape index (κ1) is 12.8. The second kappa shape index (κ2) is 5.80. The number of rotatable bonds is 3. The molecule has 2 rings (SSSR count). The molecule has 3 nitrogen and oxygen atoms in total. The summed E-state index contributed by atoms with van der Waals surface area (Å²) in [5.74, 6) is 1.39. The SMILES string of the molecule is COC=C1CCC(c2cccc(N)c2OC)CC1. The number of hydrogen-bond acceptors (Lipinski definition) is 3. The van der Waals surface area contributed by atoms with Crippen molar-refractivity contribution in [3.63, 3.8) is 0 Å². The number of methoxy groups -OCH3 is 2. The third-order valence-electron chi connectivity index (χ3n) is 3.63. The molecule has 1 saturated carbocycles. The number of para-hydroxylation sites is 1. The van der Waals surface area contributed by atoms with Gasteiger partial charge in [-0.3, -0.25) is 0 Å². The smallest absolute Gasteiger partial charge is 0.145 e. The minimum absolute atomic E-state index is 0.539. The van der Waals surface area contributed by atoms with Gasteiger partial charge in [0.1, 0.15) is 5.75 Å². The van der Waals surface area contributed by atoms with E-state index in [1.54, 1.807) is 14.2 Å². The average molecular weight is 247 g/mol. The number of hydrogen-bond donors (Lipinski definition) is 1. The van der Waals surface area contributed by atoms with Crippen molar-refractivity contribution in [1.82, 2.24) is 0 Å². The van der Waals surface area contributed by atoms with Crippen LogP contribution in [0.3, 0.4) is 0 Å². The Labute approximate surface area is 109 Å². The van der Waals surface area contributed by atoms with Gasteiger partial charge in [0.15, 0.2) is 0 Å². The Kier molecular flexibility index (Phi) is 4.13. The number of nitrogens with two attached hydrogens (primary N) is 1. The number of nitrogen functional groups attached to an aromatic ring is 1. The number of benzene rings is 1. The zero-order valence-corrected chi connectivity index (χ0v) is 11.1. The van der Waals surface area contributed by atoms with Crippen LogP contribution in [0.5, 0.6) is 5.75 Å². The Morgan fingerprint density at radius 2 is 1.94 bits per heavy atom. The number of ether oxygens (including phenoxy) is 2. The third-order valence-corrected chi connectivity index (χ3v) is 3.63. The highest BCUT2D eigenvalue weighted by atomic mass is 16.5. The Morgan fingerprint density at radius 3 is 2.56 bits per heavy atom. The Hall–Kier alpha value is -1.64. The predicted octanol–water partition coefficient (Wildman–Crippen LogP) is 3.47. The molecular weight excluding hydrogens is 226 g/mol. The fourth-order valence-corrected chi connectivity index (χ4v) is 2.71. The van der Waals surface area contributed by atoms with Gasteiger partial charge in [0.25, 0.3) is 0 Å². The van der Waals surface area contributed by atoms with Crippen LogP contribution >= 0.6 is 0 Å². The highest BCUT2D eigenvalue weighted by molar-refractivity contribution is 5.57. The monoisotopic (exact) mass is 247 g/mol. The molecule has 1 aliphatic rings. The zero-order chi connectivity index (χ0) is 13.0. The van der Waals surface area contributed by atoms with E-state index < -0.39 is 0 Å². The standard InChI is InChI=1S/C15H21NO2/c1-17-10-11-6-8-12(9-7-11)13-4-3-5-14(16)15(13)18-2/h3-5,10,12H,6-9,16H2,1-2H3. The summed E-state index contributed by atoms with van der Waals surface area (Å²) in [6.07, 6.45) is 6.34. The van der Waals surface area contributed by atoms with Gasteiger partial charge >= 0.3 is 0 Å². The summed E-state index contributed by atoms with van der Waals surface area (Å²) in [5, 5.41) is 0. The van der Waals surface area contributed by atoms with Crippen molar-refractivity contribution >= 4 is 5.69 Å². The van der Waals surface area contributed by atoms with E-state index in [9.17, 15) is 0 Å². The van der Waals surface area contributed by atoms with E-state index in [-0.39, 0.29) is 0 Å². The lowest BCUT2D eigenvalue weighted by Crippen LogP contribution is -2.09. The van der Waals surface area contributed by atoms with Crippen molar-refractivity contribution in [1.29, 1.82) is 0 Å². The molecule has 0 aromatic heterocycles. The van der Waals surface area contributed by atoms with Crippen molar-refractivity contribution in [3.05, 3.63) is 35.6 Å². The van der Waals surface area contributed by atoms with Crippen LogP contribution in [0.2, 0.25) is 0 Å². The maximum Gasteiger partial charge on any atom is 0.145 e. The highest BCUT2D eigenvalue weighted by Gasteiger charge is 2.22. The van der Waals surface area contributed by atoms with Crippen molar-refractivity contribution in [3.8, 4) is 5.75 Å². The zero-order valence-electron chi connectivity index (χ0n) is 11.1. The van der Waals surface area contributed by atoms with E-state index in [2.05, 4.69) is 6.07 Å². The molecule has 98 valence electrons. The molecule has 2 N–H and O–H groups in total. The lowest BCUT2D eigenvalue weighted by Gasteiger charge is -2.25. The summed E-state index contributed by atoms with van der Waals surface area (Å²) in [7, 11) is 3.40. The molecule has 1 aromatic carbocycles. The largest absolute Gasteiger partial charge is 0.504 e. The summed E-state index contributed by atoms with van der Waals surface area (Å²) in [6, 6.07) is 6.03. The van der Waals surface area contributed by atoms with Gasteiger partial charge in [-0.2, -0.15) is 0 Å². The molecule has 0 bridgehead atoms. The van der Waals surface area contributed by atoms with Crippen LogP contribution in [0.1, 0.15) is 37.2 Å². The van der Waals surface area contributed by atoms with Crippen LogP contribution in [0.15, 0.2) is 30.0 Å². The number of allylic oxidation sites excluding steroid dienone is 1. The summed E-state index contributed by atoms with van der Waals surface area (Å²) >= 11 is 0. The van der Waals surface area contributed by atoms with Crippen LogP contribution in [0, 0.1) is 0 Å². The van der Waals surface area contributed by atoms with Gasteiger partial charge in [-0.05, 0) is 48.8 Å². The van der Waals surface area contributed by atoms with E-state index in [1.165, 1.54) is 11.1 Å². The lowest BCUT2D eigenvalue weighted by molar-refractivity contribution is 0.326. The molecule has 0 amide bonds. The molecular formula is C15H21NO2. The van der Waals surface area contributed by atoms with Crippen molar-refractivity contribution in [2.75, 3.05) is 20.0 Å². The van der Waals surface area contributed by atoms with Crippen LogP contribution in [-0.4, -0.2) is 14.2 Å². The molecule has 0 aliphatic heterocycles. The van der Waals surface area contributed by atoms with Crippen molar-refractivity contribution < 1.29 is 9.47 Å². The predicted molar refractivity (Wildman–Crippen MR) is 73.7 cm³/mol. The van der Waals surface area contributed by atoms with Gasteiger partial charge in [0.05, 0.1) is 26.2 Å². The topological polar surface area (TPSA) is 44.5 Å². The van der Waals surface area contributed by atoms with Gasteiger partial charge in [0, 0.05) is 0 Å². The fourth-order valence-electron chi connectivity index (χ4n) is 2.71. The molecule has 0 radical (unpaired) electrons. The molecule has 0 heterocycles. The summed E-state index contributed by atoms with van der Waals surface area (Å²) in [4.78, 5) is 0. The molecule has 0 saturated heterocycles. The van der Waals surface area contributed by atoms with Crippen molar-refractivity contribution in [2.45, 2.75) is 31.6 Å². The van der Waals surface area contributed by atoms with Gasteiger partial charge < -0.3 is 15.2 Å². The highest BCUT2D eigenvalue weighted by Crippen LogP contribution is 2.41. The van der Waals surface area contributed by atoms with Gasteiger partial charge in [-0.1, -0.05) is 12.1 Å². The van der Waals surface area contributed by atoms with E-state index in [4.69, 9.17) is 15.2 Å². The quantitative estimate of drug-likeness (QED) is 0.657. The molecule has 3 heteroatoms. The minimum atomic E-state index is 0.539. The van der Waals surface area contributed by atoms with Crippen LogP contribution in [0.4, 0.5) is 5.69 Å². The van der Waals surface area contributed by atoms with Gasteiger partial charge in [-0.25, -0.2) is 0 Å². The maximum absolute atomic E-state index is 5.96. The fraction of sp³-hybridized carbons (Fsp3) is 0.467. The minimum Gasteiger partial charge on any atom is -0.504 e. The molecule has 1 fully saturated rings. The van der Waals surface area contributed by atoms with E-state index in [1.807, 2.05) is 18.4 Å². The van der Waals surface area contributed by atoms with Crippen LogP contribution in [0.25, 0.3) is 0 Å². The first-order valence-electron chi connectivity index (χ1n) is 6.39. The van der Waals surface area contributed by atoms with E-state index in [0.29, 0.717) is 5.92 Å². The Balaban J connectivity index is 2.15. The molecule has 1 aliphatic carbocycles. The molecule has 0 unspecified atom stereocenters. The molecule has 0 atom stereocenters. The number of anilines is 1. The Morgan fingerprint density at radius 1 is 1.22 bits per heavy atom. The summed E-state index contributed by atoms with van der Waals surface area (Å²) in [5.41, 5.74) is 9.33. The van der Waals surface area contributed by atoms with Crippen LogP contribution in [-0.2, 0) is 4.74 Å². The second-order valence-electron chi connectivity index (χ2n) is 4.76. The summed E-state index contributed by atoms with van der Waals surface area (Å²) in [6.45, 7) is 0. The Bertz CT molecular complexity index is 430. The van der Waals surface area contributed by atoms with Crippen LogP contribution < -0.4 is 10.5 Å². The first-order valence-corrected chi connectivity index (χ1v) is 6.39. The van der Waals surface area contributed by atoms with Crippen molar-refractivity contribution in [2.24, 2.45) is 0 Å².